The lowest BCUT2D eigenvalue weighted by atomic mass is 9.40. The molecule has 0 spiro atoms. The highest BCUT2D eigenvalue weighted by molar-refractivity contribution is 5.85. The summed E-state index contributed by atoms with van der Waals surface area (Å²) in [5.74, 6) is 0.968. The Morgan fingerprint density at radius 3 is 1.75 bits per heavy atom. The normalized spacial score (nSPS) is 45.5. The van der Waals surface area contributed by atoms with Gasteiger partial charge in [-0.1, -0.05) is 39.5 Å². The highest BCUT2D eigenvalue weighted by Gasteiger charge is 2.61. The lowest BCUT2D eigenvalue weighted by molar-refractivity contribution is -0.129. The van der Waals surface area contributed by atoms with Gasteiger partial charge in [-0.2, -0.15) is 0 Å². The maximum atomic E-state index is 6.83. The van der Waals surface area contributed by atoms with E-state index in [1.807, 2.05) is 0 Å². The predicted molar refractivity (Wildman–Crippen MR) is 89.3 cm³/mol. The molecule has 2 unspecified atom stereocenters. The fraction of sp³-hybridized carbons (Fsp3) is 1.00. The molecule has 2 N–H and O–H groups in total. The lowest BCUT2D eigenvalue weighted by Gasteiger charge is -2.66. The van der Waals surface area contributed by atoms with E-state index in [1.165, 1.54) is 77.0 Å². The average Bonchev–Trinajstić information content (AvgIpc) is 2.31. The maximum absolute atomic E-state index is 6.83. The van der Waals surface area contributed by atoms with Crippen molar-refractivity contribution in [2.24, 2.45) is 22.5 Å². The van der Waals surface area contributed by atoms with Crippen LogP contribution in [0.15, 0.2) is 0 Å². The van der Waals surface area contributed by atoms with Crippen molar-refractivity contribution in [3.8, 4) is 0 Å². The van der Waals surface area contributed by atoms with E-state index < -0.39 is 0 Å². The van der Waals surface area contributed by atoms with Crippen LogP contribution in [0.2, 0.25) is 0 Å². The van der Waals surface area contributed by atoms with Crippen LogP contribution in [-0.2, 0) is 0 Å². The number of rotatable bonds is 6. The zero-order chi connectivity index (χ0) is 13.6. The van der Waals surface area contributed by atoms with Gasteiger partial charge in [0.2, 0.25) is 0 Å². The van der Waals surface area contributed by atoms with Gasteiger partial charge in [0.1, 0.15) is 0 Å². The standard InChI is InChI=1S/C18H33N.ClH/c1-3-5-7-16-9-15-10-17(12-16,8-6-4-2)14-18(19,11-15)13-16;/h15H,3-14,19H2,1-2H3;1H. The first kappa shape index (κ1) is 16.6. The summed E-state index contributed by atoms with van der Waals surface area (Å²) in [5.41, 5.74) is 8.36. The summed E-state index contributed by atoms with van der Waals surface area (Å²) in [4.78, 5) is 0. The molecule has 4 aliphatic rings. The van der Waals surface area contributed by atoms with E-state index in [4.69, 9.17) is 5.73 Å². The molecule has 0 aromatic carbocycles. The fourth-order valence-corrected chi connectivity index (χ4v) is 6.59. The van der Waals surface area contributed by atoms with Gasteiger partial charge in [-0.15, -0.1) is 12.4 Å². The van der Waals surface area contributed by atoms with Crippen molar-refractivity contribution in [3.63, 3.8) is 0 Å². The number of hydrogen-bond donors (Lipinski definition) is 1. The minimum atomic E-state index is 0. The molecule has 4 saturated carbocycles. The van der Waals surface area contributed by atoms with Crippen LogP contribution >= 0.6 is 12.4 Å². The van der Waals surface area contributed by atoms with E-state index >= 15 is 0 Å². The van der Waals surface area contributed by atoms with E-state index in [9.17, 15) is 0 Å². The monoisotopic (exact) mass is 299 g/mol. The van der Waals surface area contributed by atoms with Crippen LogP contribution in [0.25, 0.3) is 0 Å². The van der Waals surface area contributed by atoms with Crippen LogP contribution < -0.4 is 5.73 Å². The zero-order valence-corrected chi connectivity index (χ0v) is 14.4. The molecule has 20 heavy (non-hydrogen) atoms. The molecule has 0 radical (unpaired) electrons. The molecule has 2 heteroatoms. The van der Waals surface area contributed by atoms with Crippen molar-refractivity contribution in [2.75, 3.05) is 0 Å². The van der Waals surface area contributed by atoms with E-state index in [1.54, 1.807) is 0 Å². The van der Waals surface area contributed by atoms with Crippen molar-refractivity contribution in [2.45, 2.75) is 96.4 Å². The second kappa shape index (κ2) is 5.80. The molecule has 4 bridgehead atoms. The van der Waals surface area contributed by atoms with Crippen LogP contribution in [0.1, 0.15) is 90.9 Å². The predicted octanol–water partition coefficient (Wildman–Crippen LogP) is 5.46. The van der Waals surface area contributed by atoms with Gasteiger partial charge in [0.25, 0.3) is 0 Å². The SMILES string of the molecule is CCCCC12CC3CC(N)(C1)CC(CCCC)(C3)C2.Cl. The molecule has 4 fully saturated rings. The molecule has 0 saturated heterocycles. The van der Waals surface area contributed by atoms with Gasteiger partial charge in [0.15, 0.2) is 0 Å². The number of halogens is 1. The van der Waals surface area contributed by atoms with Crippen molar-refractivity contribution < 1.29 is 0 Å². The minimum absolute atomic E-state index is 0. The highest BCUT2D eigenvalue weighted by atomic mass is 35.5. The molecule has 0 aromatic rings. The molecule has 0 heterocycles. The Morgan fingerprint density at radius 2 is 1.35 bits per heavy atom. The summed E-state index contributed by atoms with van der Waals surface area (Å²) in [5, 5.41) is 0. The Labute approximate surface area is 131 Å². The van der Waals surface area contributed by atoms with Gasteiger partial charge in [-0.05, 0) is 68.1 Å². The van der Waals surface area contributed by atoms with Crippen molar-refractivity contribution in [3.05, 3.63) is 0 Å². The molecular weight excluding hydrogens is 266 g/mol. The quantitative estimate of drug-likeness (QED) is 0.693. The average molecular weight is 300 g/mol. The molecule has 4 aliphatic carbocycles. The third kappa shape index (κ3) is 2.90. The smallest absolute Gasteiger partial charge is 0.0167 e. The summed E-state index contributed by atoms with van der Waals surface area (Å²) in [6.07, 6.45) is 17.1. The molecule has 0 amide bonds. The first-order chi connectivity index (χ1) is 9.03. The van der Waals surface area contributed by atoms with Gasteiger partial charge < -0.3 is 5.73 Å². The topological polar surface area (TPSA) is 26.0 Å². The van der Waals surface area contributed by atoms with Crippen LogP contribution in [0.3, 0.4) is 0 Å². The number of unbranched alkanes of at least 4 members (excludes halogenated alkanes) is 2. The molecule has 0 aliphatic heterocycles. The summed E-state index contributed by atoms with van der Waals surface area (Å²) >= 11 is 0. The summed E-state index contributed by atoms with van der Waals surface area (Å²) in [6, 6.07) is 0. The van der Waals surface area contributed by atoms with Gasteiger partial charge >= 0.3 is 0 Å². The van der Waals surface area contributed by atoms with E-state index in [0.29, 0.717) is 10.8 Å². The van der Waals surface area contributed by atoms with Crippen LogP contribution in [0, 0.1) is 16.7 Å². The zero-order valence-electron chi connectivity index (χ0n) is 13.5. The summed E-state index contributed by atoms with van der Waals surface area (Å²) in [6.45, 7) is 4.68. The second-order valence-electron chi connectivity index (χ2n) is 8.58. The Bertz CT molecular complexity index is 316. The maximum Gasteiger partial charge on any atom is 0.0167 e. The first-order valence-corrected chi connectivity index (χ1v) is 8.82. The number of nitrogens with two attached hydrogens (primary N) is 1. The molecular formula is C18H34ClN. The van der Waals surface area contributed by atoms with E-state index in [0.717, 1.165) is 5.92 Å². The van der Waals surface area contributed by atoms with Crippen LogP contribution in [-0.4, -0.2) is 5.54 Å². The Morgan fingerprint density at radius 1 is 0.850 bits per heavy atom. The lowest BCUT2D eigenvalue weighted by Crippen LogP contribution is -2.63. The van der Waals surface area contributed by atoms with Crippen LogP contribution in [0.5, 0.6) is 0 Å². The molecule has 2 atom stereocenters. The van der Waals surface area contributed by atoms with E-state index in [-0.39, 0.29) is 17.9 Å². The van der Waals surface area contributed by atoms with Crippen LogP contribution in [0.4, 0.5) is 0 Å². The largest absolute Gasteiger partial charge is 0.325 e. The fourth-order valence-electron chi connectivity index (χ4n) is 6.59. The Balaban J connectivity index is 0.00000147. The van der Waals surface area contributed by atoms with Gasteiger partial charge in [-0.25, -0.2) is 0 Å². The van der Waals surface area contributed by atoms with E-state index in [2.05, 4.69) is 13.8 Å². The Hall–Kier alpha value is 0.250. The summed E-state index contributed by atoms with van der Waals surface area (Å²) < 4.78 is 0. The second-order valence-corrected chi connectivity index (χ2v) is 8.58. The molecule has 118 valence electrons. The van der Waals surface area contributed by atoms with Crippen molar-refractivity contribution in [1.82, 2.24) is 0 Å². The molecule has 4 rings (SSSR count). The molecule has 1 nitrogen and oxygen atoms in total. The van der Waals surface area contributed by atoms with Gasteiger partial charge in [-0.3, -0.25) is 0 Å². The minimum Gasteiger partial charge on any atom is -0.325 e. The third-order valence-electron chi connectivity index (χ3n) is 6.46. The Kier molecular flexibility index (Phi) is 4.82. The van der Waals surface area contributed by atoms with Gasteiger partial charge in [0, 0.05) is 5.54 Å². The first-order valence-electron chi connectivity index (χ1n) is 8.82. The molecule has 0 aromatic heterocycles. The summed E-state index contributed by atoms with van der Waals surface area (Å²) in [7, 11) is 0. The number of hydrogen-bond acceptors (Lipinski definition) is 1. The van der Waals surface area contributed by atoms with Crippen molar-refractivity contribution >= 4 is 12.4 Å². The van der Waals surface area contributed by atoms with Crippen molar-refractivity contribution in [1.29, 1.82) is 0 Å². The highest BCUT2D eigenvalue weighted by Crippen LogP contribution is 2.68. The third-order valence-corrected chi connectivity index (χ3v) is 6.46. The van der Waals surface area contributed by atoms with Gasteiger partial charge in [0.05, 0.1) is 0 Å².